The van der Waals surface area contributed by atoms with Gasteiger partial charge >= 0.3 is 5.97 Å². The van der Waals surface area contributed by atoms with Crippen LogP contribution < -0.4 is 5.32 Å². The number of aliphatic carboxylic acids is 1. The first kappa shape index (κ1) is 15.2. The topological polar surface area (TPSA) is 79.3 Å². The van der Waals surface area contributed by atoms with Crippen LogP contribution in [-0.4, -0.2) is 28.0 Å². The number of hydrogen-bond acceptors (Lipinski definition) is 3. The van der Waals surface area contributed by atoms with Crippen LogP contribution in [0.4, 0.5) is 0 Å². The van der Waals surface area contributed by atoms with Gasteiger partial charge in [-0.05, 0) is 33.6 Å². The number of amides is 1. The molecule has 108 valence electrons. The zero-order valence-electron chi connectivity index (χ0n) is 11.0. The van der Waals surface area contributed by atoms with Gasteiger partial charge in [-0.1, -0.05) is 30.3 Å². The zero-order valence-corrected chi connectivity index (χ0v) is 12.6. The summed E-state index contributed by atoms with van der Waals surface area (Å²) in [5, 5.41) is 11.7. The molecule has 21 heavy (non-hydrogen) atoms. The van der Waals surface area contributed by atoms with Gasteiger partial charge in [-0.2, -0.15) is 0 Å². The molecule has 0 aliphatic heterocycles. The Morgan fingerprint density at radius 3 is 2.48 bits per heavy atom. The third kappa shape index (κ3) is 4.39. The van der Waals surface area contributed by atoms with Crippen molar-refractivity contribution in [1.29, 1.82) is 0 Å². The summed E-state index contributed by atoms with van der Waals surface area (Å²) < 4.78 is 0.748. The maximum atomic E-state index is 12.0. The number of pyridine rings is 1. The molecule has 0 spiro atoms. The molecule has 0 fully saturated rings. The van der Waals surface area contributed by atoms with Crippen molar-refractivity contribution in [3.05, 3.63) is 64.4 Å². The van der Waals surface area contributed by atoms with Gasteiger partial charge in [0.25, 0.3) is 5.91 Å². The van der Waals surface area contributed by atoms with E-state index in [0.717, 1.165) is 10.0 Å². The lowest BCUT2D eigenvalue weighted by atomic mass is 10.1. The van der Waals surface area contributed by atoms with E-state index in [9.17, 15) is 14.7 Å². The number of carbonyl (C=O) groups is 2. The second-order valence-electron chi connectivity index (χ2n) is 4.42. The van der Waals surface area contributed by atoms with Crippen molar-refractivity contribution in [2.24, 2.45) is 0 Å². The fraction of sp³-hybridized carbons (Fsp3) is 0.133. The van der Waals surface area contributed by atoms with E-state index in [1.54, 1.807) is 6.07 Å². The van der Waals surface area contributed by atoms with Crippen LogP contribution in [0.3, 0.4) is 0 Å². The first-order valence-corrected chi connectivity index (χ1v) is 7.04. The molecular weight excluding hydrogens is 336 g/mol. The zero-order chi connectivity index (χ0) is 15.2. The van der Waals surface area contributed by atoms with Crippen LogP contribution >= 0.6 is 15.9 Å². The Morgan fingerprint density at radius 2 is 1.90 bits per heavy atom. The Kier molecular flexibility index (Phi) is 5.05. The van der Waals surface area contributed by atoms with E-state index in [2.05, 4.69) is 26.2 Å². The fourth-order valence-electron chi connectivity index (χ4n) is 1.79. The summed E-state index contributed by atoms with van der Waals surface area (Å²) >= 11 is 3.22. The van der Waals surface area contributed by atoms with Crippen molar-refractivity contribution < 1.29 is 14.7 Å². The van der Waals surface area contributed by atoms with E-state index >= 15 is 0 Å². The van der Waals surface area contributed by atoms with Gasteiger partial charge < -0.3 is 10.4 Å². The highest BCUT2D eigenvalue weighted by atomic mass is 79.9. The maximum absolute atomic E-state index is 12.0. The van der Waals surface area contributed by atoms with Gasteiger partial charge in [-0.25, -0.2) is 9.78 Å². The van der Waals surface area contributed by atoms with Crippen LogP contribution in [-0.2, 0) is 11.2 Å². The van der Waals surface area contributed by atoms with Crippen LogP contribution in [0.25, 0.3) is 0 Å². The number of carboxylic acids is 1. The lowest BCUT2D eigenvalue weighted by molar-refractivity contribution is -0.139. The predicted molar refractivity (Wildman–Crippen MR) is 81.0 cm³/mol. The molecular formula is C15H13BrN2O3. The third-order valence-electron chi connectivity index (χ3n) is 2.85. The number of benzene rings is 1. The Bertz CT molecular complexity index is 629. The van der Waals surface area contributed by atoms with Crippen LogP contribution in [0.1, 0.15) is 16.1 Å². The van der Waals surface area contributed by atoms with E-state index in [1.807, 2.05) is 30.3 Å². The number of halogens is 1. The number of carboxylic acid groups (broad SMARTS) is 1. The van der Waals surface area contributed by atoms with Crippen molar-refractivity contribution in [2.45, 2.75) is 12.5 Å². The molecule has 2 aromatic rings. The first-order chi connectivity index (χ1) is 10.1. The van der Waals surface area contributed by atoms with Crippen molar-refractivity contribution in [1.82, 2.24) is 10.3 Å². The van der Waals surface area contributed by atoms with Crippen molar-refractivity contribution >= 4 is 27.8 Å². The lowest BCUT2D eigenvalue weighted by Gasteiger charge is -2.14. The quantitative estimate of drug-likeness (QED) is 0.868. The van der Waals surface area contributed by atoms with Crippen LogP contribution in [0.15, 0.2) is 53.1 Å². The molecule has 1 aromatic heterocycles. The minimum Gasteiger partial charge on any atom is -0.480 e. The molecule has 6 heteroatoms. The van der Waals surface area contributed by atoms with Gasteiger partial charge in [-0.3, -0.25) is 4.79 Å². The molecule has 0 saturated heterocycles. The number of rotatable bonds is 5. The van der Waals surface area contributed by atoms with Gasteiger partial charge in [0.05, 0.1) is 0 Å². The van der Waals surface area contributed by atoms with Crippen LogP contribution in [0.5, 0.6) is 0 Å². The van der Waals surface area contributed by atoms with Gasteiger partial charge in [0.15, 0.2) is 0 Å². The summed E-state index contributed by atoms with van der Waals surface area (Å²) in [6.07, 6.45) is 1.71. The Morgan fingerprint density at radius 1 is 1.19 bits per heavy atom. The molecule has 0 aliphatic carbocycles. The van der Waals surface area contributed by atoms with E-state index in [1.165, 1.54) is 12.3 Å². The summed E-state index contributed by atoms with van der Waals surface area (Å²) in [5.41, 5.74) is 1.02. The molecule has 0 aliphatic rings. The standard InChI is InChI=1S/C15H13BrN2O3/c16-11-6-7-12(17-9-11)14(19)18-13(15(20)21)8-10-4-2-1-3-5-10/h1-7,9,13H,8H2,(H,18,19)(H,20,21). The fourth-order valence-corrected chi connectivity index (χ4v) is 2.03. The molecule has 1 atom stereocenters. The van der Waals surface area contributed by atoms with E-state index < -0.39 is 17.9 Å². The number of aromatic nitrogens is 1. The average Bonchev–Trinajstić information content (AvgIpc) is 2.48. The Hall–Kier alpha value is -2.21. The highest BCUT2D eigenvalue weighted by molar-refractivity contribution is 9.10. The van der Waals surface area contributed by atoms with Gasteiger partial charge in [0, 0.05) is 17.1 Å². The summed E-state index contributed by atoms with van der Waals surface area (Å²) in [4.78, 5) is 27.2. The Balaban J connectivity index is 2.07. The predicted octanol–water partition coefficient (Wildman–Crippen LogP) is 2.27. The molecule has 2 rings (SSSR count). The number of carbonyl (C=O) groups excluding carboxylic acids is 1. The minimum atomic E-state index is -1.08. The highest BCUT2D eigenvalue weighted by Gasteiger charge is 2.21. The van der Waals surface area contributed by atoms with Crippen molar-refractivity contribution in [3.63, 3.8) is 0 Å². The lowest BCUT2D eigenvalue weighted by Crippen LogP contribution is -2.42. The van der Waals surface area contributed by atoms with E-state index in [4.69, 9.17) is 0 Å². The largest absolute Gasteiger partial charge is 0.480 e. The summed E-state index contributed by atoms with van der Waals surface area (Å²) in [6.45, 7) is 0. The molecule has 5 nitrogen and oxygen atoms in total. The molecule has 2 N–H and O–H groups in total. The normalized spacial score (nSPS) is 11.7. The second-order valence-corrected chi connectivity index (χ2v) is 5.33. The van der Waals surface area contributed by atoms with Gasteiger partial charge in [-0.15, -0.1) is 0 Å². The van der Waals surface area contributed by atoms with E-state index in [-0.39, 0.29) is 12.1 Å². The van der Waals surface area contributed by atoms with Gasteiger partial charge in [0.2, 0.25) is 0 Å². The van der Waals surface area contributed by atoms with Crippen LogP contribution in [0.2, 0.25) is 0 Å². The van der Waals surface area contributed by atoms with Crippen molar-refractivity contribution in [3.8, 4) is 0 Å². The summed E-state index contributed by atoms with van der Waals surface area (Å²) in [7, 11) is 0. The van der Waals surface area contributed by atoms with E-state index in [0.29, 0.717) is 0 Å². The summed E-state index contributed by atoms with van der Waals surface area (Å²) in [6, 6.07) is 11.4. The SMILES string of the molecule is O=C(NC(Cc1ccccc1)C(=O)O)c1ccc(Br)cn1. The number of nitrogens with zero attached hydrogens (tertiary/aromatic N) is 1. The number of nitrogens with one attached hydrogen (secondary N) is 1. The average molecular weight is 349 g/mol. The number of hydrogen-bond donors (Lipinski definition) is 2. The molecule has 1 aromatic carbocycles. The minimum absolute atomic E-state index is 0.178. The second kappa shape index (κ2) is 6.99. The molecule has 0 radical (unpaired) electrons. The first-order valence-electron chi connectivity index (χ1n) is 6.25. The monoisotopic (exact) mass is 348 g/mol. The van der Waals surface area contributed by atoms with Gasteiger partial charge in [0.1, 0.15) is 11.7 Å². The molecule has 1 heterocycles. The Labute approximate surface area is 130 Å². The van der Waals surface area contributed by atoms with Crippen molar-refractivity contribution in [2.75, 3.05) is 0 Å². The molecule has 0 bridgehead atoms. The maximum Gasteiger partial charge on any atom is 0.326 e. The molecule has 0 saturated carbocycles. The molecule has 1 unspecified atom stereocenters. The molecule has 1 amide bonds. The smallest absolute Gasteiger partial charge is 0.326 e. The highest BCUT2D eigenvalue weighted by Crippen LogP contribution is 2.08. The van der Waals surface area contributed by atoms with Crippen LogP contribution in [0, 0.1) is 0 Å². The summed E-state index contributed by atoms with van der Waals surface area (Å²) in [5.74, 6) is -1.59. The third-order valence-corrected chi connectivity index (χ3v) is 3.32.